The van der Waals surface area contributed by atoms with Crippen LogP contribution in [0.15, 0.2) is 34.9 Å². The van der Waals surface area contributed by atoms with Gasteiger partial charge < -0.3 is 10.3 Å². The van der Waals surface area contributed by atoms with Crippen molar-refractivity contribution in [2.45, 2.75) is 43.7 Å². The largest absolute Gasteiger partial charge is 0.339 e. The molecule has 0 aliphatic carbocycles. The van der Waals surface area contributed by atoms with Crippen molar-refractivity contribution in [1.29, 1.82) is 0 Å². The van der Waals surface area contributed by atoms with Crippen molar-refractivity contribution in [2.24, 2.45) is 5.73 Å². The molecule has 1 aromatic carbocycles. The molecule has 0 saturated heterocycles. The normalized spacial score (nSPS) is 14.2. The van der Waals surface area contributed by atoms with Crippen LogP contribution in [0.4, 0.5) is 0 Å². The van der Waals surface area contributed by atoms with E-state index in [9.17, 15) is 0 Å². The zero-order valence-electron chi connectivity index (χ0n) is 12.0. The highest BCUT2D eigenvalue weighted by Gasteiger charge is 2.13. The molecule has 2 atom stereocenters. The molecule has 2 unspecified atom stereocenters. The van der Waals surface area contributed by atoms with E-state index in [1.807, 2.05) is 42.1 Å². The van der Waals surface area contributed by atoms with E-state index in [0.29, 0.717) is 17.6 Å². The van der Waals surface area contributed by atoms with Gasteiger partial charge in [0.2, 0.25) is 5.89 Å². The highest BCUT2D eigenvalue weighted by atomic mass is 32.2. The van der Waals surface area contributed by atoms with Gasteiger partial charge in [-0.1, -0.05) is 49.3 Å². The standard InChI is InChI=1S/C15H21N3OS/c1-3-11(2)20-10-14-17-15(19-18-14)9-13(16)12-7-5-4-6-8-12/h4-8,11,13H,3,9-10,16H2,1-2H3. The van der Waals surface area contributed by atoms with E-state index in [2.05, 4.69) is 24.0 Å². The van der Waals surface area contributed by atoms with Gasteiger partial charge in [0.05, 0.1) is 5.75 Å². The summed E-state index contributed by atoms with van der Waals surface area (Å²) in [5, 5.41) is 4.62. The Morgan fingerprint density at radius 2 is 2.05 bits per heavy atom. The second-order valence-corrected chi connectivity index (χ2v) is 6.28. The van der Waals surface area contributed by atoms with E-state index in [0.717, 1.165) is 23.6 Å². The third-order valence-corrected chi connectivity index (χ3v) is 4.53. The highest BCUT2D eigenvalue weighted by Crippen LogP contribution is 2.19. The molecule has 0 fully saturated rings. The number of hydrogen-bond acceptors (Lipinski definition) is 5. The number of rotatable bonds is 7. The lowest BCUT2D eigenvalue weighted by atomic mass is 10.1. The van der Waals surface area contributed by atoms with Gasteiger partial charge in [-0.25, -0.2) is 0 Å². The van der Waals surface area contributed by atoms with Crippen molar-refractivity contribution in [3.05, 3.63) is 47.6 Å². The Bertz CT molecular complexity index is 515. The first-order chi connectivity index (χ1) is 9.69. The van der Waals surface area contributed by atoms with Crippen LogP contribution in [0, 0.1) is 0 Å². The molecular formula is C15H21N3OS. The van der Waals surface area contributed by atoms with Crippen molar-refractivity contribution >= 4 is 11.8 Å². The molecule has 0 bridgehead atoms. The summed E-state index contributed by atoms with van der Waals surface area (Å²) in [7, 11) is 0. The maximum atomic E-state index is 6.15. The minimum Gasteiger partial charge on any atom is -0.339 e. The van der Waals surface area contributed by atoms with Gasteiger partial charge in [0.25, 0.3) is 0 Å². The zero-order chi connectivity index (χ0) is 14.4. The van der Waals surface area contributed by atoms with Gasteiger partial charge in [0.1, 0.15) is 0 Å². The Balaban J connectivity index is 1.89. The third-order valence-electron chi connectivity index (χ3n) is 3.20. The average molecular weight is 291 g/mol. The van der Waals surface area contributed by atoms with Crippen LogP contribution in [0.2, 0.25) is 0 Å². The minimum atomic E-state index is -0.105. The smallest absolute Gasteiger partial charge is 0.228 e. The van der Waals surface area contributed by atoms with Crippen LogP contribution in [-0.4, -0.2) is 15.4 Å². The van der Waals surface area contributed by atoms with E-state index < -0.39 is 0 Å². The lowest BCUT2D eigenvalue weighted by molar-refractivity contribution is 0.366. The lowest BCUT2D eigenvalue weighted by Gasteiger charge is -2.08. The molecule has 1 heterocycles. The van der Waals surface area contributed by atoms with E-state index >= 15 is 0 Å². The molecule has 1 aromatic heterocycles. The lowest BCUT2D eigenvalue weighted by Crippen LogP contribution is -2.13. The third kappa shape index (κ3) is 4.35. The molecule has 0 radical (unpaired) electrons. The fourth-order valence-electron chi connectivity index (χ4n) is 1.77. The van der Waals surface area contributed by atoms with Crippen LogP contribution in [0.3, 0.4) is 0 Å². The summed E-state index contributed by atoms with van der Waals surface area (Å²) in [6.45, 7) is 4.38. The first kappa shape index (κ1) is 15.1. The fraction of sp³-hybridized carbons (Fsp3) is 0.467. The summed E-state index contributed by atoms with van der Waals surface area (Å²) in [6, 6.07) is 9.87. The minimum absolute atomic E-state index is 0.105. The molecule has 5 heteroatoms. The molecule has 0 spiro atoms. The SMILES string of the molecule is CCC(C)SCc1noc(CC(N)c2ccccc2)n1. The van der Waals surface area contributed by atoms with Crippen LogP contribution >= 0.6 is 11.8 Å². The monoisotopic (exact) mass is 291 g/mol. The van der Waals surface area contributed by atoms with E-state index in [-0.39, 0.29) is 6.04 Å². The molecule has 20 heavy (non-hydrogen) atoms. The molecule has 4 nitrogen and oxygen atoms in total. The molecule has 0 saturated carbocycles. The van der Waals surface area contributed by atoms with Gasteiger partial charge >= 0.3 is 0 Å². The van der Waals surface area contributed by atoms with Crippen molar-refractivity contribution in [2.75, 3.05) is 0 Å². The van der Waals surface area contributed by atoms with Crippen molar-refractivity contribution in [3.63, 3.8) is 0 Å². The molecular weight excluding hydrogens is 270 g/mol. The molecule has 2 rings (SSSR count). The Morgan fingerprint density at radius 1 is 1.30 bits per heavy atom. The number of nitrogens with zero attached hydrogens (tertiary/aromatic N) is 2. The van der Waals surface area contributed by atoms with Crippen molar-refractivity contribution < 1.29 is 4.52 Å². The van der Waals surface area contributed by atoms with Crippen LogP contribution in [-0.2, 0) is 12.2 Å². The first-order valence-electron chi connectivity index (χ1n) is 6.92. The van der Waals surface area contributed by atoms with Crippen LogP contribution in [0.1, 0.15) is 43.6 Å². The van der Waals surface area contributed by atoms with Gasteiger partial charge in [-0.2, -0.15) is 16.7 Å². The number of benzene rings is 1. The summed E-state index contributed by atoms with van der Waals surface area (Å²) < 4.78 is 5.27. The predicted octanol–water partition coefficient (Wildman–Crippen LogP) is 3.34. The van der Waals surface area contributed by atoms with E-state index in [1.54, 1.807) is 0 Å². The van der Waals surface area contributed by atoms with Crippen molar-refractivity contribution in [1.82, 2.24) is 10.1 Å². The Morgan fingerprint density at radius 3 is 2.75 bits per heavy atom. The van der Waals surface area contributed by atoms with Gasteiger partial charge in [0.15, 0.2) is 5.82 Å². The van der Waals surface area contributed by atoms with Crippen molar-refractivity contribution in [3.8, 4) is 0 Å². The molecule has 2 N–H and O–H groups in total. The van der Waals surface area contributed by atoms with Gasteiger partial charge in [0, 0.05) is 17.7 Å². The quantitative estimate of drug-likeness (QED) is 0.847. The maximum absolute atomic E-state index is 6.15. The maximum Gasteiger partial charge on any atom is 0.228 e. The Kier molecular flexibility index (Phi) is 5.61. The summed E-state index contributed by atoms with van der Waals surface area (Å²) in [5.74, 6) is 2.16. The number of nitrogens with two attached hydrogens (primary N) is 1. The first-order valence-corrected chi connectivity index (χ1v) is 7.97. The van der Waals surface area contributed by atoms with Crippen LogP contribution in [0.5, 0.6) is 0 Å². The van der Waals surface area contributed by atoms with Gasteiger partial charge in [-0.15, -0.1) is 0 Å². The second-order valence-electron chi connectivity index (χ2n) is 4.86. The Labute approximate surface area is 124 Å². The average Bonchev–Trinajstić information content (AvgIpc) is 2.93. The Hall–Kier alpha value is -1.33. The molecule has 2 aromatic rings. The predicted molar refractivity (Wildman–Crippen MR) is 82.4 cm³/mol. The molecule has 0 aliphatic rings. The second kappa shape index (κ2) is 7.45. The van der Waals surface area contributed by atoms with Gasteiger partial charge in [-0.05, 0) is 12.0 Å². The van der Waals surface area contributed by atoms with E-state index in [1.165, 1.54) is 0 Å². The van der Waals surface area contributed by atoms with Gasteiger partial charge in [-0.3, -0.25) is 0 Å². The summed E-state index contributed by atoms with van der Waals surface area (Å²) in [6.07, 6.45) is 1.72. The molecule has 108 valence electrons. The summed E-state index contributed by atoms with van der Waals surface area (Å²) in [4.78, 5) is 4.40. The highest BCUT2D eigenvalue weighted by molar-refractivity contribution is 7.99. The topological polar surface area (TPSA) is 64.9 Å². The fourth-order valence-corrected chi connectivity index (χ4v) is 2.56. The van der Waals surface area contributed by atoms with Crippen LogP contribution < -0.4 is 5.73 Å². The number of thioether (sulfide) groups is 1. The molecule has 0 amide bonds. The number of hydrogen-bond donors (Lipinski definition) is 1. The summed E-state index contributed by atoms with van der Waals surface area (Å²) >= 11 is 1.84. The van der Waals surface area contributed by atoms with E-state index in [4.69, 9.17) is 10.3 Å². The zero-order valence-corrected chi connectivity index (χ0v) is 12.8. The van der Waals surface area contributed by atoms with Crippen LogP contribution in [0.25, 0.3) is 0 Å². The number of aromatic nitrogens is 2. The molecule has 0 aliphatic heterocycles. The summed E-state index contributed by atoms with van der Waals surface area (Å²) in [5.41, 5.74) is 7.23.